The molecule has 0 unspecified atom stereocenters. The molecule has 0 aliphatic heterocycles. The van der Waals surface area contributed by atoms with Crippen molar-refractivity contribution in [3.05, 3.63) is 96.1 Å². The van der Waals surface area contributed by atoms with Crippen molar-refractivity contribution in [3.63, 3.8) is 0 Å². The van der Waals surface area contributed by atoms with Gasteiger partial charge in [-0.15, -0.1) is 0 Å². The summed E-state index contributed by atoms with van der Waals surface area (Å²) >= 11 is 0. The summed E-state index contributed by atoms with van der Waals surface area (Å²) in [6, 6.07) is 26.4. The van der Waals surface area contributed by atoms with Crippen LogP contribution in [0.1, 0.15) is 11.1 Å². The Kier molecular flexibility index (Phi) is 4.69. The largest absolute Gasteiger partial charge is 0.519 e. The number of benzene rings is 3. The van der Waals surface area contributed by atoms with E-state index in [0.717, 1.165) is 12.0 Å². The summed E-state index contributed by atoms with van der Waals surface area (Å²) in [4.78, 5) is 11.8. The molecule has 0 fully saturated rings. The van der Waals surface area contributed by atoms with Gasteiger partial charge in [0.25, 0.3) is 0 Å². The Morgan fingerprint density at radius 1 is 0.652 bits per heavy atom. The van der Waals surface area contributed by atoms with E-state index in [1.807, 2.05) is 42.5 Å². The van der Waals surface area contributed by atoms with Crippen LogP contribution in [0.5, 0.6) is 11.5 Å². The maximum absolute atomic E-state index is 11.8. The van der Waals surface area contributed by atoms with Gasteiger partial charge in [-0.05, 0) is 41.8 Å². The first-order valence-corrected chi connectivity index (χ1v) is 7.37. The minimum absolute atomic E-state index is 0.456. The second kappa shape index (κ2) is 7.27. The highest BCUT2D eigenvalue weighted by atomic mass is 16.7. The summed E-state index contributed by atoms with van der Waals surface area (Å²) in [5.41, 5.74) is 2.28. The highest BCUT2D eigenvalue weighted by Gasteiger charge is 2.08. The van der Waals surface area contributed by atoms with Crippen LogP contribution in [0.25, 0.3) is 0 Å². The Labute approximate surface area is 135 Å². The number of hydrogen-bond acceptors (Lipinski definition) is 3. The minimum atomic E-state index is -0.743. The third-order valence-electron chi connectivity index (χ3n) is 3.30. The molecule has 0 atom stereocenters. The van der Waals surface area contributed by atoms with Crippen LogP contribution in [0, 0.1) is 0 Å². The summed E-state index contributed by atoms with van der Waals surface area (Å²) in [6.07, 6.45) is 0.0410. The molecule has 114 valence electrons. The smallest absolute Gasteiger partial charge is 0.395 e. The Morgan fingerprint density at radius 3 is 1.96 bits per heavy atom. The first-order valence-electron chi connectivity index (χ1n) is 7.37. The van der Waals surface area contributed by atoms with E-state index in [9.17, 15) is 4.79 Å². The molecule has 0 saturated carbocycles. The average Bonchev–Trinajstić information content (AvgIpc) is 2.57. The molecule has 3 rings (SSSR count). The fourth-order valence-corrected chi connectivity index (χ4v) is 2.25. The zero-order chi connectivity index (χ0) is 15.9. The summed E-state index contributed by atoms with van der Waals surface area (Å²) in [5, 5.41) is 0. The Morgan fingerprint density at radius 2 is 1.22 bits per heavy atom. The lowest BCUT2D eigenvalue weighted by Crippen LogP contribution is -2.13. The SMILES string of the molecule is O=C(Oc1ccccc1)Oc1cccc(Cc2ccccc2)c1. The molecule has 3 nitrogen and oxygen atoms in total. The molecular weight excluding hydrogens is 288 g/mol. The van der Waals surface area contributed by atoms with Crippen molar-refractivity contribution < 1.29 is 14.3 Å². The van der Waals surface area contributed by atoms with Gasteiger partial charge in [0.15, 0.2) is 0 Å². The van der Waals surface area contributed by atoms with Gasteiger partial charge in [-0.1, -0.05) is 60.7 Å². The molecule has 0 heterocycles. The molecule has 0 aromatic heterocycles. The van der Waals surface area contributed by atoms with Gasteiger partial charge in [0.05, 0.1) is 0 Å². The van der Waals surface area contributed by atoms with Crippen LogP contribution < -0.4 is 9.47 Å². The quantitative estimate of drug-likeness (QED) is 0.510. The van der Waals surface area contributed by atoms with Gasteiger partial charge in [0.2, 0.25) is 0 Å². The van der Waals surface area contributed by atoms with Crippen molar-refractivity contribution in [2.24, 2.45) is 0 Å². The summed E-state index contributed by atoms with van der Waals surface area (Å²) in [5.74, 6) is 0.928. The number of hydrogen-bond donors (Lipinski definition) is 0. The second-order valence-electron chi connectivity index (χ2n) is 5.08. The maximum Gasteiger partial charge on any atom is 0.519 e. The lowest BCUT2D eigenvalue weighted by Gasteiger charge is -2.07. The summed E-state index contributed by atoms with van der Waals surface area (Å²) in [7, 11) is 0. The maximum atomic E-state index is 11.8. The average molecular weight is 304 g/mol. The lowest BCUT2D eigenvalue weighted by atomic mass is 10.1. The molecule has 0 N–H and O–H groups in total. The van der Waals surface area contributed by atoms with Crippen LogP contribution in [-0.2, 0) is 6.42 Å². The fraction of sp³-hybridized carbons (Fsp3) is 0.0500. The molecule has 0 saturated heterocycles. The Hall–Kier alpha value is -3.07. The molecule has 3 aromatic carbocycles. The van der Waals surface area contributed by atoms with E-state index in [0.29, 0.717) is 11.5 Å². The van der Waals surface area contributed by atoms with Gasteiger partial charge < -0.3 is 9.47 Å². The predicted octanol–water partition coefficient (Wildman–Crippen LogP) is 4.86. The zero-order valence-electron chi connectivity index (χ0n) is 12.5. The van der Waals surface area contributed by atoms with Crippen molar-refractivity contribution in [3.8, 4) is 11.5 Å². The van der Waals surface area contributed by atoms with Gasteiger partial charge in [-0.25, -0.2) is 4.79 Å². The summed E-state index contributed by atoms with van der Waals surface area (Å²) < 4.78 is 10.4. The third kappa shape index (κ3) is 4.45. The van der Waals surface area contributed by atoms with Crippen LogP contribution in [0.15, 0.2) is 84.9 Å². The normalized spacial score (nSPS) is 10.1. The number of carbonyl (C=O) groups is 1. The molecule has 0 radical (unpaired) electrons. The minimum Gasteiger partial charge on any atom is -0.395 e. The Bertz CT molecular complexity index is 767. The molecule has 23 heavy (non-hydrogen) atoms. The van der Waals surface area contributed by atoms with E-state index < -0.39 is 6.16 Å². The van der Waals surface area contributed by atoms with Crippen LogP contribution in [0.4, 0.5) is 4.79 Å². The third-order valence-corrected chi connectivity index (χ3v) is 3.30. The number of para-hydroxylation sites is 1. The molecule has 0 spiro atoms. The second-order valence-corrected chi connectivity index (χ2v) is 5.08. The van der Waals surface area contributed by atoms with Crippen molar-refractivity contribution in [2.45, 2.75) is 6.42 Å². The molecule has 3 heteroatoms. The lowest BCUT2D eigenvalue weighted by molar-refractivity contribution is 0.152. The first-order chi connectivity index (χ1) is 11.3. The molecule has 3 aromatic rings. The van der Waals surface area contributed by atoms with Gasteiger partial charge in [-0.2, -0.15) is 0 Å². The van der Waals surface area contributed by atoms with Crippen molar-refractivity contribution in [2.75, 3.05) is 0 Å². The van der Waals surface area contributed by atoms with Gasteiger partial charge in [0.1, 0.15) is 11.5 Å². The van der Waals surface area contributed by atoms with Crippen LogP contribution in [0.3, 0.4) is 0 Å². The van der Waals surface area contributed by atoms with Crippen LogP contribution >= 0.6 is 0 Å². The number of ether oxygens (including phenoxy) is 2. The monoisotopic (exact) mass is 304 g/mol. The molecule has 0 bridgehead atoms. The van der Waals surface area contributed by atoms with Gasteiger partial charge in [-0.3, -0.25) is 0 Å². The zero-order valence-corrected chi connectivity index (χ0v) is 12.5. The summed E-state index contributed by atoms with van der Waals surface area (Å²) in [6.45, 7) is 0. The predicted molar refractivity (Wildman–Crippen MR) is 88.8 cm³/mol. The molecule has 0 amide bonds. The highest BCUT2D eigenvalue weighted by molar-refractivity contribution is 5.67. The van der Waals surface area contributed by atoms with Crippen LogP contribution in [-0.4, -0.2) is 6.16 Å². The highest BCUT2D eigenvalue weighted by Crippen LogP contribution is 2.18. The van der Waals surface area contributed by atoms with Gasteiger partial charge in [0, 0.05) is 0 Å². The molecule has 0 aliphatic rings. The van der Waals surface area contributed by atoms with Crippen molar-refractivity contribution in [1.82, 2.24) is 0 Å². The molecular formula is C20H16O3. The van der Waals surface area contributed by atoms with Crippen molar-refractivity contribution >= 4 is 6.16 Å². The number of carbonyl (C=O) groups excluding carboxylic acids is 1. The first kappa shape index (κ1) is 14.9. The number of rotatable bonds is 4. The topological polar surface area (TPSA) is 35.5 Å². The molecule has 0 aliphatic carbocycles. The van der Waals surface area contributed by atoms with E-state index in [1.54, 1.807) is 30.3 Å². The van der Waals surface area contributed by atoms with Crippen molar-refractivity contribution in [1.29, 1.82) is 0 Å². The van der Waals surface area contributed by atoms with Gasteiger partial charge >= 0.3 is 6.16 Å². The Balaban J connectivity index is 1.64. The fourth-order valence-electron chi connectivity index (χ4n) is 2.25. The van der Waals surface area contributed by atoms with E-state index in [1.165, 1.54) is 5.56 Å². The van der Waals surface area contributed by atoms with E-state index in [2.05, 4.69) is 12.1 Å². The standard InChI is InChI=1S/C20H16O3/c21-20(22-18-11-5-2-6-12-18)23-19-13-7-10-17(15-19)14-16-8-3-1-4-9-16/h1-13,15H,14H2. The van der Waals surface area contributed by atoms with Crippen LogP contribution in [0.2, 0.25) is 0 Å². The van der Waals surface area contributed by atoms with E-state index >= 15 is 0 Å². The van der Waals surface area contributed by atoms with E-state index in [4.69, 9.17) is 9.47 Å². The van der Waals surface area contributed by atoms with E-state index in [-0.39, 0.29) is 0 Å².